The van der Waals surface area contributed by atoms with E-state index in [1.807, 2.05) is 21.1 Å². The molecule has 0 aromatic rings. The van der Waals surface area contributed by atoms with Gasteiger partial charge in [0.1, 0.15) is 6.61 Å². The van der Waals surface area contributed by atoms with Crippen LogP contribution in [0.25, 0.3) is 0 Å². The molecule has 52 heavy (non-hydrogen) atoms. The number of hydrogen-bond donors (Lipinski definition) is 1. The van der Waals surface area contributed by atoms with Crippen LogP contribution in [0.3, 0.4) is 0 Å². The highest BCUT2D eigenvalue weighted by Crippen LogP contribution is 2.12. The first-order valence-electron chi connectivity index (χ1n) is 20.3. The second kappa shape index (κ2) is 35.1. The average Bonchev–Trinajstić information content (AvgIpc) is 3.09. The summed E-state index contributed by atoms with van der Waals surface area (Å²) in [6.07, 6.45) is 41.3. The number of nitrogens with zero attached hydrogens (tertiary/aromatic N) is 1. The number of likely N-dealkylation sites (N-methyl/N-ethyl adjacent to an activating group) is 1. The predicted molar refractivity (Wildman–Crippen MR) is 215 cm³/mol. The van der Waals surface area contributed by atoms with Crippen LogP contribution in [0.5, 0.6) is 0 Å². The molecule has 0 bridgehead atoms. The average molecular weight is 731 g/mol. The number of ether oxygens (including phenoxy) is 3. The molecule has 8 heteroatoms. The zero-order valence-corrected chi connectivity index (χ0v) is 33.7. The summed E-state index contributed by atoms with van der Waals surface area (Å²) < 4.78 is 17.1. The van der Waals surface area contributed by atoms with Crippen LogP contribution in [0.15, 0.2) is 60.8 Å². The van der Waals surface area contributed by atoms with E-state index in [2.05, 4.69) is 74.6 Å². The van der Waals surface area contributed by atoms with Crippen LogP contribution in [0.2, 0.25) is 0 Å². The van der Waals surface area contributed by atoms with E-state index < -0.39 is 18.1 Å². The number of esters is 2. The highest BCUT2D eigenvalue weighted by atomic mass is 16.6. The molecule has 0 saturated heterocycles. The van der Waals surface area contributed by atoms with Gasteiger partial charge in [0.05, 0.1) is 34.4 Å². The summed E-state index contributed by atoms with van der Waals surface area (Å²) in [5, 5.41) is 9.59. The summed E-state index contributed by atoms with van der Waals surface area (Å²) in [7, 11) is 5.49. The maximum Gasteiger partial charge on any atom is 0.362 e. The van der Waals surface area contributed by atoms with Crippen molar-refractivity contribution in [1.29, 1.82) is 0 Å². The van der Waals surface area contributed by atoms with Gasteiger partial charge in [-0.2, -0.15) is 0 Å². The fraction of sp³-hybridized carbons (Fsp3) is 0.705. The number of carbonyl (C=O) groups is 3. The maximum absolute atomic E-state index is 12.7. The summed E-state index contributed by atoms with van der Waals surface area (Å²) in [4.78, 5) is 36.8. The minimum absolute atomic E-state index is 0.0343. The fourth-order valence-corrected chi connectivity index (χ4v) is 5.42. The Kier molecular flexibility index (Phi) is 33.1. The highest BCUT2D eigenvalue weighted by molar-refractivity contribution is 5.72. The monoisotopic (exact) mass is 731 g/mol. The molecule has 0 radical (unpaired) electrons. The van der Waals surface area contributed by atoms with Crippen molar-refractivity contribution in [3.8, 4) is 0 Å². The molecule has 0 saturated carbocycles. The maximum atomic E-state index is 12.7. The summed E-state index contributed by atoms with van der Waals surface area (Å²) in [6.45, 7) is 4.58. The van der Waals surface area contributed by atoms with Crippen molar-refractivity contribution >= 4 is 17.9 Å². The minimum atomic E-state index is -0.888. The zero-order valence-electron chi connectivity index (χ0n) is 33.7. The van der Waals surface area contributed by atoms with Crippen LogP contribution < -0.4 is 0 Å². The summed E-state index contributed by atoms with van der Waals surface area (Å²) in [5.74, 6) is -1.56. The lowest BCUT2D eigenvalue weighted by Crippen LogP contribution is -2.50. The number of unbranched alkanes of at least 4 members (excludes halogenated alkanes) is 11. The van der Waals surface area contributed by atoms with Crippen molar-refractivity contribution in [2.24, 2.45) is 0 Å². The molecular weight excluding hydrogens is 654 g/mol. The van der Waals surface area contributed by atoms with E-state index in [0.29, 0.717) is 19.3 Å². The van der Waals surface area contributed by atoms with Gasteiger partial charge in [0.15, 0.2) is 12.1 Å². The molecule has 1 N–H and O–H groups in total. The topological polar surface area (TPSA) is 99.1 Å². The Hall–Kier alpha value is -2.97. The third-order valence-electron chi connectivity index (χ3n) is 8.64. The molecule has 0 aromatic carbocycles. The van der Waals surface area contributed by atoms with E-state index in [0.717, 1.165) is 57.8 Å². The lowest BCUT2D eigenvalue weighted by molar-refractivity contribution is -0.887. The lowest BCUT2D eigenvalue weighted by atomic mass is 10.1. The Morgan fingerprint density at radius 1 is 0.577 bits per heavy atom. The van der Waals surface area contributed by atoms with Crippen LogP contribution in [0, 0.1) is 0 Å². The Morgan fingerprint density at radius 3 is 1.63 bits per heavy atom. The van der Waals surface area contributed by atoms with E-state index in [1.54, 1.807) is 0 Å². The van der Waals surface area contributed by atoms with Gasteiger partial charge in [-0.15, -0.1) is 0 Å². The molecule has 0 rings (SSSR count). The third-order valence-corrected chi connectivity index (χ3v) is 8.64. The first-order chi connectivity index (χ1) is 25.1. The zero-order chi connectivity index (χ0) is 38.5. The second-order valence-electron chi connectivity index (χ2n) is 14.5. The van der Waals surface area contributed by atoms with E-state index in [4.69, 9.17) is 14.2 Å². The van der Waals surface area contributed by atoms with Gasteiger partial charge < -0.3 is 23.8 Å². The SMILES string of the molecule is CCCC/C=C/CCCCCCCC(=O)OCC(COCCC(C(=O)O)[N+](C)(C)C)OC(=O)CCC/C=C/C/C=C/C/C=C/C/C=C/CCCCC. The molecular formula is C44H76NO7+. The number of quaternary nitrogens is 1. The van der Waals surface area contributed by atoms with Crippen molar-refractivity contribution in [2.45, 2.75) is 161 Å². The molecule has 298 valence electrons. The number of carbonyl (C=O) groups excluding carboxylic acids is 2. The Bertz CT molecular complexity index is 1040. The summed E-state index contributed by atoms with van der Waals surface area (Å²) >= 11 is 0. The van der Waals surface area contributed by atoms with Gasteiger partial charge in [-0.3, -0.25) is 9.59 Å². The van der Waals surface area contributed by atoms with Crippen LogP contribution in [0.4, 0.5) is 0 Å². The standard InChI is InChI=1S/C44H75NO7/c1-6-8-10-12-14-16-18-19-20-21-22-23-25-27-29-31-33-35-43(47)52-40(38-50-37-36-41(44(48)49)45(3,4)5)39-51-42(46)34-32-30-28-26-24-17-15-13-11-9-7-2/h13-16,19-20,22-23,27,29,40-41H,6-12,17-18,21,24-26,28,30-39H2,1-5H3/p+1/b15-13+,16-14+,20-19+,23-22+,29-27+. The van der Waals surface area contributed by atoms with Gasteiger partial charge in [-0.05, 0) is 70.6 Å². The smallest absolute Gasteiger partial charge is 0.362 e. The molecule has 0 spiro atoms. The molecule has 0 aliphatic heterocycles. The molecule has 0 aliphatic rings. The van der Waals surface area contributed by atoms with Gasteiger partial charge in [0.25, 0.3) is 0 Å². The number of carboxylic acid groups (broad SMARTS) is 1. The van der Waals surface area contributed by atoms with E-state index in [-0.39, 0.29) is 42.7 Å². The van der Waals surface area contributed by atoms with Gasteiger partial charge in [-0.25, -0.2) is 4.79 Å². The Morgan fingerprint density at radius 2 is 1.06 bits per heavy atom. The van der Waals surface area contributed by atoms with Crippen molar-refractivity contribution in [1.82, 2.24) is 0 Å². The molecule has 0 amide bonds. The minimum Gasteiger partial charge on any atom is -0.477 e. The lowest BCUT2D eigenvalue weighted by Gasteiger charge is -2.31. The molecule has 8 nitrogen and oxygen atoms in total. The summed E-state index contributed by atoms with van der Waals surface area (Å²) in [6, 6.07) is -0.626. The largest absolute Gasteiger partial charge is 0.477 e. The fourth-order valence-electron chi connectivity index (χ4n) is 5.42. The van der Waals surface area contributed by atoms with Crippen LogP contribution in [0.1, 0.15) is 149 Å². The van der Waals surface area contributed by atoms with Gasteiger partial charge in [0, 0.05) is 19.3 Å². The normalized spacial score (nSPS) is 13.6. The van der Waals surface area contributed by atoms with Gasteiger partial charge in [0.2, 0.25) is 0 Å². The van der Waals surface area contributed by atoms with E-state index in [9.17, 15) is 19.5 Å². The molecule has 0 heterocycles. The quantitative estimate of drug-likeness (QED) is 0.0300. The number of aliphatic carboxylic acids is 1. The number of carboxylic acids is 1. The van der Waals surface area contributed by atoms with Gasteiger partial charge >= 0.3 is 17.9 Å². The summed E-state index contributed by atoms with van der Waals surface area (Å²) in [5.41, 5.74) is 0. The van der Waals surface area contributed by atoms with Crippen molar-refractivity contribution in [3.63, 3.8) is 0 Å². The number of allylic oxidation sites excluding steroid dienone is 10. The number of hydrogen-bond acceptors (Lipinski definition) is 6. The molecule has 0 aromatic heterocycles. The van der Waals surface area contributed by atoms with Crippen LogP contribution >= 0.6 is 0 Å². The highest BCUT2D eigenvalue weighted by Gasteiger charge is 2.31. The molecule has 0 fully saturated rings. The van der Waals surface area contributed by atoms with E-state index in [1.165, 1.54) is 51.4 Å². The molecule has 2 unspecified atom stereocenters. The molecule has 0 aliphatic carbocycles. The van der Waals surface area contributed by atoms with Crippen molar-refractivity contribution in [3.05, 3.63) is 60.8 Å². The number of rotatable bonds is 35. The predicted octanol–water partition coefficient (Wildman–Crippen LogP) is 10.6. The second-order valence-corrected chi connectivity index (χ2v) is 14.5. The van der Waals surface area contributed by atoms with Crippen LogP contribution in [-0.4, -0.2) is 80.6 Å². The van der Waals surface area contributed by atoms with Crippen LogP contribution in [-0.2, 0) is 28.6 Å². The first kappa shape index (κ1) is 49.0. The van der Waals surface area contributed by atoms with Gasteiger partial charge in [-0.1, -0.05) is 120 Å². The van der Waals surface area contributed by atoms with Crippen molar-refractivity contribution < 1.29 is 38.2 Å². The van der Waals surface area contributed by atoms with E-state index >= 15 is 0 Å². The van der Waals surface area contributed by atoms with Crippen molar-refractivity contribution in [2.75, 3.05) is 41.0 Å². The Balaban J connectivity index is 4.52. The third kappa shape index (κ3) is 32.9. The molecule has 2 atom stereocenters. The Labute approximate surface area is 318 Å². The first-order valence-corrected chi connectivity index (χ1v) is 20.3.